The molecule has 1 atom stereocenters. The van der Waals surface area contributed by atoms with Crippen molar-refractivity contribution in [1.29, 1.82) is 0 Å². The highest BCUT2D eigenvalue weighted by molar-refractivity contribution is 6.33. The van der Waals surface area contributed by atoms with E-state index in [1.165, 1.54) is 0 Å². The van der Waals surface area contributed by atoms with Gasteiger partial charge in [-0.25, -0.2) is 0 Å². The van der Waals surface area contributed by atoms with Crippen LogP contribution in [0.1, 0.15) is 13.8 Å². The van der Waals surface area contributed by atoms with E-state index in [1.807, 2.05) is 24.3 Å². The lowest BCUT2D eigenvalue weighted by Gasteiger charge is -2.38. The van der Waals surface area contributed by atoms with E-state index >= 15 is 0 Å². The molecule has 3 nitrogen and oxygen atoms in total. The van der Waals surface area contributed by atoms with Gasteiger partial charge in [0.05, 0.1) is 22.9 Å². The third-order valence-corrected chi connectivity index (χ3v) is 3.46. The summed E-state index contributed by atoms with van der Waals surface area (Å²) < 4.78 is 5.29. The van der Waals surface area contributed by atoms with E-state index in [2.05, 4.69) is 19.2 Å². The standard InChI is InChI=1S/C13H21ClN2O/c1-10(2)13(8-15,9-17-3)16-12-7-5-4-6-11(12)14/h4-7,10,16H,8-9,15H2,1-3H3. The third-order valence-electron chi connectivity index (χ3n) is 3.13. The van der Waals surface area contributed by atoms with Gasteiger partial charge in [-0.15, -0.1) is 0 Å². The lowest BCUT2D eigenvalue weighted by Crippen LogP contribution is -2.53. The number of nitrogens with one attached hydrogen (secondary N) is 1. The van der Waals surface area contributed by atoms with Gasteiger partial charge in [0.2, 0.25) is 0 Å². The summed E-state index contributed by atoms with van der Waals surface area (Å²) in [6.45, 7) is 5.28. The van der Waals surface area contributed by atoms with Crippen molar-refractivity contribution in [3.63, 3.8) is 0 Å². The largest absolute Gasteiger partial charge is 0.382 e. The Labute approximate surface area is 108 Å². The van der Waals surface area contributed by atoms with Gasteiger partial charge in [0.25, 0.3) is 0 Å². The Bertz CT molecular complexity index is 357. The minimum atomic E-state index is -0.292. The van der Waals surface area contributed by atoms with Gasteiger partial charge in [-0.1, -0.05) is 37.6 Å². The van der Waals surface area contributed by atoms with Crippen molar-refractivity contribution in [2.75, 3.05) is 25.6 Å². The number of para-hydroxylation sites is 1. The molecule has 0 spiro atoms. The Morgan fingerprint density at radius 2 is 2.06 bits per heavy atom. The number of hydrogen-bond donors (Lipinski definition) is 2. The monoisotopic (exact) mass is 256 g/mol. The van der Waals surface area contributed by atoms with Crippen LogP contribution in [-0.2, 0) is 4.74 Å². The summed E-state index contributed by atoms with van der Waals surface area (Å²) in [7, 11) is 1.68. The second kappa shape index (κ2) is 6.24. The fourth-order valence-corrected chi connectivity index (χ4v) is 1.96. The maximum atomic E-state index is 6.15. The highest BCUT2D eigenvalue weighted by Crippen LogP contribution is 2.28. The van der Waals surface area contributed by atoms with Crippen LogP contribution >= 0.6 is 11.6 Å². The number of rotatable bonds is 6. The van der Waals surface area contributed by atoms with Crippen LogP contribution in [0.2, 0.25) is 5.02 Å². The molecule has 1 unspecified atom stereocenters. The number of halogens is 1. The van der Waals surface area contributed by atoms with E-state index in [0.717, 1.165) is 5.69 Å². The highest BCUT2D eigenvalue weighted by Gasteiger charge is 2.32. The van der Waals surface area contributed by atoms with Crippen LogP contribution in [0, 0.1) is 5.92 Å². The van der Waals surface area contributed by atoms with Crippen molar-refractivity contribution < 1.29 is 4.74 Å². The molecule has 17 heavy (non-hydrogen) atoms. The number of benzene rings is 1. The molecule has 0 amide bonds. The number of anilines is 1. The molecule has 0 fully saturated rings. The summed E-state index contributed by atoms with van der Waals surface area (Å²) in [6.07, 6.45) is 0. The average Bonchev–Trinajstić information content (AvgIpc) is 2.31. The topological polar surface area (TPSA) is 47.3 Å². The first-order chi connectivity index (χ1) is 8.05. The van der Waals surface area contributed by atoms with E-state index < -0.39 is 0 Å². The number of methoxy groups -OCH3 is 1. The van der Waals surface area contributed by atoms with Crippen molar-refractivity contribution in [2.24, 2.45) is 11.7 Å². The summed E-state index contributed by atoms with van der Waals surface area (Å²) >= 11 is 6.15. The second-order valence-corrected chi connectivity index (χ2v) is 4.96. The number of hydrogen-bond acceptors (Lipinski definition) is 3. The first-order valence-corrected chi connectivity index (χ1v) is 6.15. The van der Waals surface area contributed by atoms with Crippen molar-refractivity contribution in [2.45, 2.75) is 19.4 Å². The highest BCUT2D eigenvalue weighted by atomic mass is 35.5. The average molecular weight is 257 g/mol. The fourth-order valence-electron chi connectivity index (χ4n) is 1.78. The minimum Gasteiger partial charge on any atom is -0.382 e. The SMILES string of the molecule is COCC(CN)(Nc1ccccc1Cl)C(C)C. The number of nitrogens with two attached hydrogens (primary N) is 1. The molecule has 0 bridgehead atoms. The van der Waals surface area contributed by atoms with Crippen molar-refractivity contribution >= 4 is 17.3 Å². The molecule has 1 rings (SSSR count). The van der Waals surface area contributed by atoms with Gasteiger partial charge in [-0.2, -0.15) is 0 Å². The Hall–Kier alpha value is -0.770. The lowest BCUT2D eigenvalue weighted by molar-refractivity contribution is 0.121. The molecule has 0 saturated carbocycles. The summed E-state index contributed by atoms with van der Waals surface area (Å²) in [6, 6.07) is 7.66. The number of ether oxygens (including phenoxy) is 1. The molecule has 0 heterocycles. The van der Waals surface area contributed by atoms with Gasteiger partial charge in [0.1, 0.15) is 0 Å². The van der Waals surface area contributed by atoms with Crippen molar-refractivity contribution in [1.82, 2.24) is 0 Å². The first kappa shape index (κ1) is 14.3. The van der Waals surface area contributed by atoms with E-state index in [1.54, 1.807) is 7.11 Å². The van der Waals surface area contributed by atoms with Gasteiger partial charge in [0.15, 0.2) is 0 Å². The van der Waals surface area contributed by atoms with Crippen LogP contribution in [0.3, 0.4) is 0 Å². The van der Waals surface area contributed by atoms with E-state index in [9.17, 15) is 0 Å². The maximum absolute atomic E-state index is 6.15. The van der Waals surface area contributed by atoms with Crippen LogP contribution in [0.25, 0.3) is 0 Å². The third kappa shape index (κ3) is 3.35. The molecule has 0 saturated heterocycles. The molecule has 0 aliphatic rings. The second-order valence-electron chi connectivity index (χ2n) is 4.55. The van der Waals surface area contributed by atoms with Gasteiger partial charge in [0, 0.05) is 13.7 Å². The van der Waals surface area contributed by atoms with Crippen LogP contribution in [0.15, 0.2) is 24.3 Å². The fraction of sp³-hybridized carbons (Fsp3) is 0.538. The molecule has 0 aliphatic carbocycles. The van der Waals surface area contributed by atoms with Crippen LogP contribution in [-0.4, -0.2) is 25.8 Å². The normalized spacial score (nSPS) is 14.7. The zero-order valence-electron chi connectivity index (χ0n) is 10.7. The molecule has 4 heteroatoms. The van der Waals surface area contributed by atoms with E-state index in [0.29, 0.717) is 24.1 Å². The van der Waals surface area contributed by atoms with Gasteiger partial charge in [-0.05, 0) is 18.1 Å². The molecular formula is C13H21ClN2O. The molecule has 0 radical (unpaired) electrons. The lowest BCUT2D eigenvalue weighted by atomic mass is 9.86. The first-order valence-electron chi connectivity index (χ1n) is 5.77. The Kier molecular flexibility index (Phi) is 5.25. The van der Waals surface area contributed by atoms with Gasteiger partial charge >= 0.3 is 0 Å². The van der Waals surface area contributed by atoms with Crippen LogP contribution in [0.5, 0.6) is 0 Å². The van der Waals surface area contributed by atoms with Crippen LogP contribution in [0.4, 0.5) is 5.69 Å². The summed E-state index contributed by atoms with van der Waals surface area (Å²) in [4.78, 5) is 0. The molecule has 0 aromatic heterocycles. The zero-order valence-corrected chi connectivity index (χ0v) is 11.4. The molecule has 3 N–H and O–H groups in total. The predicted octanol–water partition coefficient (Wildman–Crippen LogP) is 2.75. The predicted molar refractivity (Wildman–Crippen MR) is 73.6 cm³/mol. The summed E-state index contributed by atoms with van der Waals surface area (Å²) in [5.41, 5.74) is 6.51. The van der Waals surface area contributed by atoms with Gasteiger partial charge in [-0.3, -0.25) is 0 Å². The Morgan fingerprint density at radius 3 is 2.53 bits per heavy atom. The zero-order chi connectivity index (χ0) is 12.9. The van der Waals surface area contributed by atoms with Gasteiger partial charge < -0.3 is 15.8 Å². The van der Waals surface area contributed by atoms with Crippen LogP contribution < -0.4 is 11.1 Å². The molecule has 0 aliphatic heterocycles. The Balaban J connectivity index is 2.97. The Morgan fingerprint density at radius 1 is 1.41 bits per heavy atom. The molecule has 1 aromatic carbocycles. The minimum absolute atomic E-state index is 0.292. The van der Waals surface area contributed by atoms with E-state index in [4.69, 9.17) is 22.1 Å². The quantitative estimate of drug-likeness (QED) is 0.823. The van der Waals surface area contributed by atoms with E-state index in [-0.39, 0.29) is 5.54 Å². The maximum Gasteiger partial charge on any atom is 0.0751 e. The molecular weight excluding hydrogens is 236 g/mol. The smallest absolute Gasteiger partial charge is 0.0751 e. The summed E-state index contributed by atoms with van der Waals surface area (Å²) in [5.74, 6) is 0.337. The molecule has 96 valence electrons. The molecule has 1 aromatic rings. The van der Waals surface area contributed by atoms with Crippen molar-refractivity contribution in [3.05, 3.63) is 29.3 Å². The summed E-state index contributed by atoms with van der Waals surface area (Å²) in [5, 5.41) is 4.13. The van der Waals surface area contributed by atoms with Crippen molar-refractivity contribution in [3.8, 4) is 0 Å².